The van der Waals surface area contributed by atoms with Crippen molar-refractivity contribution < 1.29 is 14.3 Å². The average Bonchev–Trinajstić information content (AvgIpc) is 2.63. The molecule has 0 unspecified atom stereocenters. The number of amides is 1. The number of carbonyl (C=O) groups excluding carboxylic acids is 1. The van der Waals surface area contributed by atoms with E-state index >= 15 is 0 Å². The van der Waals surface area contributed by atoms with E-state index in [4.69, 9.17) is 9.47 Å². The van der Waals surface area contributed by atoms with Gasteiger partial charge in [0.1, 0.15) is 11.5 Å². The summed E-state index contributed by atoms with van der Waals surface area (Å²) in [5.74, 6) is 1.25. The van der Waals surface area contributed by atoms with Crippen molar-refractivity contribution in [3.8, 4) is 11.5 Å². The monoisotopic (exact) mass is 389 g/mol. The molecule has 1 aromatic heterocycles. The third-order valence-corrected chi connectivity index (χ3v) is 4.57. The molecule has 6 nitrogen and oxygen atoms in total. The Morgan fingerprint density at radius 1 is 1.11 bits per heavy atom. The van der Waals surface area contributed by atoms with E-state index in [9.17, 15) is 4.79 Å². The van der Waals surface area contributed by atoms with Gasteiger partial charge in [-0.2, -0.15) is 0 Å². The third-order valence-electron chi connectivity index (χ3n) is 4.02. The lowest BCUT2D eigenvalue weighted by Crippen LogP contribution is -2.15. The number of rotatable bonds is 9. The number of nitrogens with zero attached hydrogens (tertiary/aromatic N) is 2. The predicted molar refractivity (Wildman–Crippen MR) is 109 cm³/mol. The number of carbonyl (C=O) groups is 1. The Kier molecular flexibility index (Phi) is 7.91. The second-order valence-electron chi connectivity index (χ2n) is 5.93. The van der Waals surface area contributed by atoms with Gasteiger partial charge in [-0.3, -0.25) is 4.79 Å². The topological polar surface area (TPSA) is 73.3 Å². The van der Waals surface area contributed by atoms with Crippen LogP contribution >= 0.6 is 11.8 Å². The molecule has 0 aliphatic rings. The first-order chi connectivity index (χ1) is 13.0. The summed E-state index contributed by atoms with van der Waals surface area (Å²) in [6.45, 7) is 8.83. The van der Waals surface area contributed by atoms with E-state index in [0.29, 0.717) is 43.2 Å². The zero-order valence-electron chi connectivity index (χ0n) is 16.6. The number of hydrogen-bond acceptors (Lipinski definition) is 6. The van der Waals surface area contributed by atoms with Crippen LogP contribution in [0.1, 0.15) is 37.2 Å². The molecule has 0 bridgehead atoms. The van der Waals surface area contributed by atoms with Crippen LogP contribution < -0.4 is 14.8 Å². The molecule has 0 aliphatic carbocycles. The summed E-state index contributed by atoms with van der Waals surface area (Å²) in [4.78, 5) is 21.4. The number of anilines is 1. The second kappa shape index (κ2) is 10.2. The molecule has 1 aromatic carbocycles. The minimum Gasteiger partial charge on any atom is -0.494 e. The molecule has 1 N–H and O–H groups in total. The van der Waals surface area contributed by atoms with Crippen LogP contribution in [0.3, 0.4) is 0 Å². The van der Waals surface area contributed by atoms with Gasteiger partial charge in [-0.25, -0.2) is 9.97 Å². The normalized spacial score (nSPS) is 10.6. The van der Waals surface area contributed by atoms with Crippen molar-refractivity contribution in [3.63, 3.8) is 0 Å². The molecular weight excluding hydrogens is 362 g/mol. The van der Waals surface area contributed by atoms with Crippen LogP contribution in [0.4, 0.5) is 5.69 Å². The molecule has 0 radical (unpaired) electrons. The fourth-order valence-corrected chi connectivity index (χ4v) is 3.21. The van der Waals surface area contributed by atoms with E-state index in [-0.39, 0.29) is 5.91 Å². The number of thioether (sulfide) groups is 1. The van der Waals surface area contributed by atoms with Gasteiger partial charge in [-0.1, -0.05) is 11.8 Å². The maximum Gasteiger partial charge on any atom is 0.224 e. The van der Waals surface area contributed by atoms with Gasteiger partial charge in [0.2, 0.25) is 5.91 Å². The van der Waals surface area contributed by atoms with E-state index in [1.807, 2.05) is 46.1 Å². The van der Waals surface area contributed by atoms with Crippen LogP contribution in [-0.4, -0.2) is 35.3 Å². The molecule has 0 atom stereocenters. The average molecular weight is 390 g/mol. The fourth-order valence-electron chi connectivity index (χ4n) is 2.76. The summed E-state index contributed by atoms with van der Waals surface area (Å²) >= 11 is 1.52. The van der Waals surface area contributed by atoms with Crippen molar-refractivity contribution in [2.75, 3.05) is 24.8 Å². The first kappa shape index (κ1) is 21.0. The van der Waals surface area contributed by atoms with Gasteiger partial charge in [-0.15, -0.1) is 0 Å². The zero-order chi connectivity index (χ0) is 19.8. The van der Waals surface area contributed by atoms with Crippen LogP contribution in [0.25, 0.3) is 0 Å². The Hall–Kier alpha value is -2.28. The molecule has 0 spiro atoms. The molecule has 0 saturated carbocycles. The minimum absolute atomic E-state index is 0.0858. The van der Waals surface area contributed by atoms with Crippen molar-refractivity contribution in [3.05, 3.63) is 35.2 Å². The van der Waals surface area contributed by atoms with Gasteiger partial charge < -0.3 is 14.8 Å². The molecular formula is C20H27N3O3S. The van der Waals surface area contributed by atoms with E-state index in [1.54, 1.807) is 6.07 Å². The Morgan fingerprint density at radius 3 is 2.37 bits per heavy atom. The van der Waals surface area contributed by atoms with Crippen molar-refractivity contribution in [2.24, 2.45) is 0 Å². The summed E-state index contributed by atoms with van der Waals surface area (Å²) in [5, 5.41) is 3.69. The van der Waals surface area contributed by atoms with Gasteiger partial charge in [0.15, 0.2) is 5.16 Å². The van der Waals surface area contributed by atoms with E-state index in [1.165, 1.54) is 11.8 Å². The highest BCUT2D eigenvalue weighted by molar-refractivity contribution is 7.98. The summed E-state index contributed by atoms with van der Waals surface area (Å²) in [7, 11) is 0. The van der Waals surface area contributed by atoms with Crippen LogP contribution in [-0.2, 0) is 11.2 Å². The third kappa shape index (κ3) is 5.85. The second-order valence-corrected chi connectivity index (χ2v) is 6.71. The summed E-state index contributed by atoms with van der Waals surface area (Å²) in [5.41, 5.74) is 3.49. The van der Waals surface area contributed by atoms with Crippen molar-refractivity contribution in [1.29, 1.82) is 0 Å². The lowest BCUT2D eigenvalue weighted by Gasteiger charge is -2.14. The fraction of sp³-hybridized carbons (Fsp3) is 0.450. The minimum atomic E-state index is -0.0858. The number of hydrogen-bond donors (Lipinski definition) is 1. The number of benzene rings is 1. The lowest BCUT2D eigenvalue weighted by atomic mass is 10.1. The first-order valence-electron chi connectivity index (χ1n) is 9.06. The number of ether oxygens (including phenoxy) is 2. The van der Waals surface area contributed by atoms with Crippen LogP contribution in [0.5, 0.6) is 11.5 Å². The molecule has 146 valence electrons. The molecule has 1 amide bonds. The van der Waals surface area contributed by atoms with E-state index in [0.717, 1.165) is 22.1 Å². The predicted octanol–water partition coefficient (Wildman–Crippen LogP) is 4.18. The molecule has 1 heterocycles. The Bertz CT molecular complexity index is 773. The van der Waals surface area contributed by atoms with Crippen molar-refractivity contribution in [2.45, 2.75) is 45.7 Å². The van der Waals surface area contributed by atoms with Crippen molar-refractivity contribution >= 4 is 23.4 Å². The van der Waals surface area contributed by atoms with Crippen LogP contribution in [0.15, 0.2) is 23.4 Å². The maximum absolute atomic E-state index is 12.5. The SMILES string of the molecule is CCOc1ccc(OCC)c(NC(=O)CCc2c(C)nc(SC)nc2C)c1. The van der Waals surface area contributed by atoms with Crippen LogP contribution in [0, 0.1) is 13.8 Å². The number of aryl methyl sites for hydroxylation is 2. The van der Waals surface area contributed by atoms with Gasteiger partial charge in [-0.05, 0) is 58.1 Å². The molecule has 2 aromatic rings. The Labute approximate surface area is 165 Å². The summed E-state index contributed by atoms with van der Waals surface area (Å²) in [6.07, 6.45) is 2.88. The molecule has 0 aliphatic heterocycles. The highest BCUT2D eigenvalue weighted by Crippen LogP contribution is 2.29. The van der Waals surface area contributed by atoms with Gasteiger partial charge in [0.25, 0.3) is 0 Å². The molecule has 7 heteroatoms. The van der Waals surface area contributed by atoms with Gasteiger partial charge >= 0.3 is 0 Å². The molecule has 0 saturated heterocycles. The molecule has 27 heavy (non-hydrogen) atoms. The largest absolute Gasteiger partial charge is 0.494 e. The number of nitrogens with one attached hydrogen (secondary N) is 1. The Balaban J connectivity index is 2.08. The maximum atomic E-state index is 12.5. The lowest BCUT2D eigenvalue weighted by molar-refractivity contribution is -0.116. The molecule has 2 rings (SSSR count). The van der Waals surface area contributed by atoms with Crippen molar-refractivity contribution in [1.82, 2.24) is 9.97 Å². The zero-order valence-corrected chi connectivity index (χ0v) is 17.4. The Morgan fingerprint density at radius 2 is 1.78 bits per heavy atom. The summed E-state index contributed by atoms with van der Waals surface area (Å²) < 4.78 is 11.1. The van der Waals surface area contributed by atoms with E-state index < -0.39 is 0 Å². The van der Waals surface area contributed by atoms with Gasteiger partial charge in [0.05, 0.1) is 18.9 Å². The van der Waals surface area contributed by atoms with Gasteiger partial charge in [0, 0.05) is 23.9 Å². The highest BCUT2D eigenvalue weighted by atomic mass is 32.2. The number of aromatic nitrogens is 2. The molecule has 0 fully saturated rings. The standard InChI is InChI=1S/C20H27N3O3S/c1-6-25-15-8-10-18(26-7-2)17(12-15)23-19(24)11-9-16-13(3)21-20(27-5)22-14(16)4/h8,10,12H,6-7,9,11H2,1-5H3,(H,23,24). The summed E-state index contributed by atoms with van der Waals surface area (Å²) in [6, 6.07) is 5.44. The van der Waals surface area contributed by atoms with E-state index in [2.05, 4.69) is 15.3 Å². The quantitative estimate of drug-likeness (QED) is 0.512. The van der Waals surface area contributed by atoms with Crippen LogP contribution in [0.2, 0.25) is 0 Å². The highest BCUT2D eigenvalue weighted by Gasteiger charge is 2.13. The first-order valence-corrected chi connectivity index (χ1v) is 10.3. The smallest absolute Gasteiger partial charge is 0.224 e.